The van der Waals surface area contributed by atoms with Crippen LogP contribution < -0.4 is 4.90 Å². The molecule has 1 aromatic heterocycles. The van der Waals surface area contributed by atoms with Gasteiger partial charge in [-0.05, 0) is 51.3 Å². The Morgan fingerprint density at radius 1 is 1.23 bits per heavy atom. The zero-order valence-corrected chi connectivity index (χ0v) is 19.3. The maximum Gasteiger partial charge on any atom is 0.258 e. The first-order valence-corrected chi connectivity index (χ1v) is 12.4. The summed E-state index contributed by atoms with van der Waals surface area (Å²) in [6, 6.07) is 7.99. The highest BCUT2D eigenvalue weighted by molar-refractivity contribution is 7.99. The van der Waals surface area contributed by atoms with Gasteiger partial charge in [0.1, 0.15) is 0 Å². The summed E-state index contributed by atoms with van der Waals surface area (Å²) in [5, 5.41) is 0.599. The predicted molar refractivity (Wildman–Crippen MR) is 126 cm³/mol. The van der Waals surface area contributed by atoms with Crippen LogP contribution in [0.1, 0.15) is 49.9 Å². The quantitative estimate of drug-likeness (QED) is 0.638. The minimum Gasteiger partial charge on any atom is -0.341 e. The van der Waals surface area contributed by atoms with E-state index in [1.807, 2.05) is 40.9 Å². The predicted octanol–water partition coefficient (Wildman–Crippen LogP) is 5.14. The molecule has 0 bridgehead atoms. The van der Waals surface area contributed by atoms with E-state index >= 15 is 0 Å². The minimum absolute atomic E-state index is 0.00221. The fourth-order valence-electron chi connectivity index (χ4n) is 4.34. The van der Waals surface area contributed by atoms with Crippen molar-refractivity contribution in [1.29, 1.82) is 0 Å². The molecular weight excluding hydrogens is 416 g/mol. The molecule has 2 aromatic rings. The Labute approximate surface area is 188 Å². The zero-order chi connectivity index (χ0) is 21.1. The van der Waals surface area contributed by atoms with Crippen LogP contribution in [-0.2, 0) is 0 Å². The fraction of sp³-hybridized carbons (Fsp3) is 0.522. The Bertz CT molecular complexity index is 895. The lowest BCUT2D eigenvalue weighted by Gasteiger charge is -2.33. The van der Waals surface area contributed by atoms with Gasteiger partial charge in [0.15, 0.2) is 0 Å². The molecule has 2 fully saturated rings. The van der Waals surface area contributed by atoms with E-state index in [-0.39, 0.29) is 18.0 Å². The third kappa shape index (κ3) is 4.45. The molecule has 0 N–H and O–H groups in total. The third-order valence-corrected chi connectivity index (χ3v) is 7.34. The van der Waals surface area contributed by atoms with E-state index in [9.17, 15) is 4.79 Å². The van der Waals surface area contributed by atoms with Crippen molar-refractivity contribution in [2.75, 3.05) is 29.5 Å². The molecule has 30 heavy (non-hydrogen) atoms. The largest absolute Gasteiger partial charge is 0.341 e. The number of thioether (sulfide) groups is 1. The maximum absolute atomic E-state index is 13.7. The first-order valence-electron chi connectivity index (χ1n) is 10.8. The van der Waals surface area contributed by atoms with E-state index < -0.39 is 0 Å². The number of amides is 1. The normalized spacial score (nSPS) is 19.3. The van der Waals surface area contributed by atoms with Crippen LogP contribution in [-0.4, -0.2) is 57.5 Å². The van der Waals surface area contributed by atoms with Gasteiger partial charge in [-0.2, -0.15) is 11.8 Å². The van der Waals surface area contributed by atoms with Crippen molar-refractivity contribution in [3.63, 3.8) is 0 Å². The average Bonchev–Trinajstić information content (AvgIpc) is 3.28. The first kappa shape index (κ1) is 21.4. The molecule has 1 unspecified atom stereocenters. The van der Waals surface area contributed by atoms with Crippen LogP contribution in [0.25, 0.3) is 11.3 Å². The molecule has 0 saturated carbocycles. The van der Waals surface area contributed by atoms with Crippen molar-refractivity contribution in [1.82, 2.24) is 14.9 Å². The van der Waals surface area contributed by atoms with Gasteiger partial charge in [0, 0.05) is 47.7 Å². The molecule has 1 amide bonds. The Hall–Kier alpha value is -1.79. The van der Waals surface area contributed by atoms with Crippen LogP contribution in [0, 0.1) is 0 Å². The van der Waals surface area contributed by atoms with Gasteiger partial charge in [-0.15, -0.1) is 0 Å². The Morgan fingerprint density at radius 2 is 2.00 bits per heavy atom. The molecule has 0 radical (unpaired) electrons. The monoisotopic (exact) mass is 444 g/mol. The fourth-order valence-corrected chi connectivity index (χ4v) is 5.77. The maximum atomic E-state index is 13.7. The van der Waals surface area contributed by atoms with E-state index in [1.54, 1.807) is 6.20 Å². The molecule has 0 aliphatic carbocycles. The van der Waals surface area contributed by atoms with Gasteiger partial charge >= 0.3 is 0 Å². The molecule has 2 aliphatic heterocycles. The lowest BCUT2D eigenvalue weighted by atomic mass is 10.0. The highest BCUT2D eigenvalue weighted by atomic mass is 35.5. The van der Waals surface area contributed by atoms with Crippen LogP contribution in [0.5, 0.6) is 0 Å². The number of aromatic nitrogens is 2. The van der Waals surface area contributed by atoms with Crippen molar-refractivity contribution in [3.8, 4) is 11.3 Å². The number of benzene rings is 1. The number of carbonyl (C=O) groups is 1. The Kier molecular flexibility index (Phi) is 6.84. The van der Waals surface area contributed by atoms with Crippen LogP contribution >= 0.6 is 23.4 Å². The van der Waals surface area contributed by atoms with E-state index in [2.05, 4.69) is 23.7 Å². The van der Waals surface area contributed by atoms with Crippen molar-refractivity contribution in [2.24, 2.45) is 0 Å². The summed E-state index contributed by atoms with van der Waals surface area (Å²) in [6.07, 6.45) is 6.28. The molecule has 7 heteroatoms. The third-order valence-electron chi connectivity index (χ3n) is 5.86. The van der Waals surface area contributed by atoms with Crippen LogP contribution in [0.2, 0.25) is 5.02 Å². The SMILES string of the molecule is CC(C)N(C(=O)c1cnc(N2CCCCC2)nc1-c1ccccc1Cl)C1CCSC1. The first-order chi connectivity index (χ1) is 14.6. The molecule has 160 valence electrons. The second kappa shape index (κ2) is 9.56. The molecule has 0 spiro atoms. The number of nitrogens with zero attached hydrogens (tertiary/aromatic N) is 4. The van der Waals surface area contributed by atoms with E-state index in [0.29, 0.717) is 22.2 Å². The van der Waals surface area contributed by atoms with Gasteiger partial charge in [0.25, 0.3) is 5.91 Å². The number of carbonyl (C=O) groups excluding carboxylic acids is 1. The van der Waals surface area contributed by atoms with Crippen molar-refractivity contribution in [3.05, 3.63) is 41.0 Å². The summed E-state index contributed by atoms with van der Waals surface area (Å²) in [7, 11) is 0. The molecule has 4 rings (SSSR count). The Morgan fingerprint density at radius 3 is 2.67 bits per heavy atom. The van der Waals surface area contributed by atoms with Gasteiger partial charge in [-0.3, -0.25) is 4.79 Å². The van der Waals surface area contributed by atoms with E-state index in [0.717, 1.165) is 49.4 Å². The highest BCUT2D eigenvalue weighted by Crippen LogP contribution is 2.33. The van der Waals surface area contributed by atoms with Gasteiger partial charge in [-0.1, -0.05) is 29.8 Å². The molecule has 1 atom stereocenters. The number of hydrogen-bond acceptors (Lipinski definition) is 5. The minimum atomic E-state index is -0.00221. The van der Waals surface area contributed by atoms with Gasteiger partial charge in [-0.25, -0.2) is 9.97 Å². The summed E-state index contributed by atoms with van der Waals surface area (Å²) in [4.78, 5) is 27.5. The van der Waals surface area contributed by atoms with Crippen molar-refractivity contribution in [2.45, 2.75) is 51.6 Å². The second-order valence-corrected chi connectivity index (χ2v) is 9.84. The molecule has 2 aliphatic rings. The van der Waals surface area contributed by atoms with Crippen molar-refractivity contribution >= 4 is 35.2 Å². The van der Waals surface area contributed by atoms with Crippen LogP contribution in [0.3, 0.4) is 0 Å². The van der Waals surface area contributed by atoms with Gasteiger partial charge in [0.2, 0.25) is 5.95 Å². The van der Waals surface area contributed by atoms with Crippen molar-refractivity contribution < 1.29 is 4.79 Å². The average molecular weight is 445 g/mol. The summed E-state index contributed by atoms with van der Waals surface area (Å²) < 4.78 is 0. The summed E-state index contributed by atoms with van der Waals surface area (Å²) >= 11 is 8.45. The van der Waals surface area contributed by atoms with Gasteiger partial charge in [0.05, 0.1) is 11.3 Å². The van der Waals surface area contributed by atoms with Crippen LogP contribution in [0.15, 0.2) is 30.5 Å². The molecule has 5 nitrogen and oxygen atoms in total. The summed E-state index contributed by atoms with van der Waals surface area (Å²) in [5.74, 6) is 2.77. The lowest BCUT2D eigenvalue weighted by molar-refractivity contribution is 0.0633. The molecule has 2 saturated heterocycles. The number of anilines is 1. The summed E-state index contributed by atoms with van der Waals surface area (Å²) in [6.45, 7) is 6.07. The second-order valence-electron chi connectivity index (χ2n) is 8.28. The standard InChI is InChI=1S/C23H29ClN4OS/c1-16(2)28(17-10-13-30-15-17)22(29)19-14-25-23(27-11-6-3-7-12-27)26-21(19)18-8-4-5-9-20(18)24/h4-5,8-9,14,16-17H,3,6-7,10-13,15H2,1-2H3. The highest BCUT2D eigenvalue weighted by Gasteiger charge is 2.32. The Balaban J connectivity index is 1.77. The lowest BCUT2D eigenvalue weighted by Crippen LogP contribution is -2.45. The topological polar surface area (TPSA) is 49.3 Å². The zero-order valence-electron chi connectivity index (χ0n) is 17.7. The number of rotatable bonds is 5. The molecule has 3 heterocycles. The smallest absolute Gasteiger partial charge is 0.258 e. The summed E-state index contributed by atoms with van der Waals surface area (Å²) in [5.41, 5.74) is 1.96. The molecule has 1 aromatic carbocycles. The van der Waals surface area contributed by atoms with E-state index in [4.69, 9.17) is 16.6 Å². The number of halogens is 1. The van der Waals surface area contributed by atoms with Gasteiger partial charge < -0.3 is 9.80 Å². The number of hydrogen-bond donors (Lipinski definition) is 0. The number of piperidine rings is 1. The van der Waals surface area contributed by atoms with E-state index in [1.165, 1.54) is 6.42 Å². The van der Waals surface area contributed by atoms with Crippen LogP contribution in [0.4, 0.5) is 5.95 Å². The molecular formula is C23H29ClN4OS.